The van der Waals surface area contributed by atoms with Crippen molar-refractivity contribution in [1.82, 2.24) is 4.40 Å². The van der Waals surface area contributed by atoms with Crippen molar-refractivity contribution < 1.29 is 9.90 Å². The maximum atomic E-state index is 11.9. The maximum absolute atomic E-state index is 11.9. The van der Waals surface area contributed by atoms with Crippen LogP contribution in [0.15, 0.2) is 48.7 Å². The third-order valence-electron chi connectivity index (χ3n) is 3.77. The predicted octanol–water partition coefficient (Wildman–Crippen LogP) is 3.61. The fourth-order valence-electron chi connectivity index (χ4n) is 2.71. The number of ketones is 1. The molecule has 0 aliphatic carbocycles. The molecular weight excluding hydrogens is 262 g/mol. The van der Waals surface area contributed by atoms with Crippen LogP contribution in [0.25, 0.3) is 16.6 Å². The zero-order chi connectivity index (χ0) is 15.0. The number of aryl methyl sites for hydroxylation is 1. The molecule has 0 fully saturated rings. The van der Waals surface area contributed by atoms with E-state index in [1.165, 1.54) is 0 Å². The largest absolute Gasteiger partial charge is 0.392 e. The van der Waals surface area contributed by atoms with E-state index in [1.54, 1.807) is 6.92 Å². The second kappa shape index (κ2) is 5.19. The minimum absolute atomic E-state index is 0.0191. The highest BCUT2D eigenvalue weighted by Gasteiger charge is 2.15. The second-order valence-electron chi connectivity index (χ2n) is 5.27. The molecule has 1 N–H and O–H groups in total. The standard InChI is InChI=1S/C18H17NO2/c1-12-7-8-19-17(13(2)21)10-16(18(19)9-12)15-6-4-3-5-14(15)11-20/h3-10,20H,11H2,1-2H3. The molecule has 0 bridgehead atoms. The molecule has 0 saturated heterocycles. The molecule has 2 heterocycles. The highest BCUT2D eigenvalue weighted by Crippen LogP contribution is 2.31. The molecule has 3 rings (SSSR count). The van der Waals surface area contributed by atoms with Gasteiger partial charge in [0.2, 0.25) is 0 Å². The molecule has 0 saturated carbocycles. The number of fused-ring (bicyclic) bond motifs is 1. The summed E-state index contributed by atoms with van der Waals surface area (Å²) in [6, 6.07) is 13.7. The van der Waals surface area contributed by atoms with E-state index in [-0.39, 0.29) is 12.4 Å². The van der Waals surface area contributed by atoms with E-state index in [0.717, 1.165) is 27.8 Å². The minimum atomic E-state index is -0.0191. The fraction of sp³-hybridized carbons (Fsp3) is 0.167. The Morgan fingerprint density at radius 3 is 2.62 bits per heavy atom. The lowest BCUT2D eigenvalue weighted by Gasteiger charge is -2.07. The van der Waals surface area contributed by atoms with E-state index < -0.39 is 0 Å². The van der Waals surface area contributed by atoms with Gasteiger partial charge in [-0.2, -0.15) is 0 Å². The summed E-state index contributed by atoms with van der Waals surface area (Å²) in [6.07, 6.45) is 1.92. The summed E-state index contributed by atoms with van der Waals surface area (Å²) < 4.78 is 1.92. The van der Waals surface area contributed by atoms with Gasteiger partial charge in [0.25, 0.3) is 0 Å². The van der Waals surface area contributed by atoms with E-state index in [0.29, 0.717) is 5.69 Å². The molecule has 0 radical (unpaired) electrons. The SMILES string of the molecule is CC(=O)c1cc(-c2ccccc2CO)c2cc(C)ccn12. The Bertz CT molecular complexity index is 830. The van der Waals surface area contributed by atoms with Gasteiger partial charge in [0.05, 0.1) is 17.8 Å². The molecule has 0 unspecified atom stereocenters. The Labute approximate surface area is 123 Å². The van der Waals surface area contributed by atoms with Gasteiger partial charge in [-0.25, -0.2) is 0 Å². The molecule has 0 amide bonds. The number of benzene rings is 1. The molecule has 0 spiro atoms. The topological polar surface area (TPSA) is 41.7 Å². The Balaban J connectivity index is 2.37. The second-order valence-corrected chi connectivity index (χ2v) is 5.27. The number of aliphatic hydroxyl groups is 1. The summed E-state index contributed by atoms with van der Waals surface area (Å²) >= 11 is 0. The van der Waals surface area contributed by atoms with Crippen LogP contribution in [0.3, 0.4) is 0 Å². The summed E-state index contributed by atoms with van der Waals surface area (Å²) in [5, 5.41) is 9.55. The molecule has 0 aliphatic rings. The van der Waals surface area contributed by atoms with Gasteiger partial charge < -0.3 is 9.51 Å². The van der Waals surface area contributed by atoms with Crippen molar-refractivity contribution in [3.05, 3.63) is 65.5 Å². The molecule has 0 aliphatic heterocycles. The average molecular weight is 279 g/mol. The minimum Gasteiger partial charge on any atom is -0.392 e. The van der Waals surface area contributed by atoms with Crippen molar-refractivity contribution in [2.75, 3.05) is 0 Å². The molecule has 1 aromatic carbocycles. The van der Waals surface area contributed by atoms with Gasteiger partial charge in [-0.05, 0) is 41.8 Å². The number of rotatable bonds is 3. The summed E-state index contributed by atoms with van der Waals surface area (Å²) in [5.74, 6) is 0.0292. The monoisotopic (exact) mass is 279 g/mol. The Hall–Kier alpha value is -2.39. The highest BCUT2D eigenvalue weighted by atomic mass is 16.3. The van der Waals surface area contributed by atoms with Crippen molar-refractivity contribution in [2.24, 2.45) is 0 Å². The summed E-state index contributed by atoms with van der Waals surface area (Å²) in [4.78, 5) is 11.9. The van der Waals surface area contributed by atoms with Gasteiger partial charge in [0, 0.05) is 18.7 Å². The van der Waals surface area contributed by atoms with Gasteiger partial charge in [0.15, 0.2) is 5.78 Å². The van der Waals surface area contributed by atoms with Gasteiger partial charge in [-0.15, -0.1) is 0 Å². The van der Waals surface area contributed by atoms with Crippen molar-refractivity contribution in [2.45, 2.75) is 20.5 Å². The number of aliphatic hydroxyl groups excluding tert-OH is 1. The van der Waals surface area contributed by atoms with Crippen molar-refractivity contribution >= 4 is 11.3 Å². The summed E-state index contributed by atoms with van der Waals surface area (Å²) in [6.45, 7) is 3.58. The third kappa shape index (κ3) is 2.26. The third-order valence-corrected chi connectivity index (χ3v) is 3.77. The number of carbonyl (C=O) groups excluding carboxylic acids is 1. The van der Waals surface area contributed by atoms with E-state index in [1.807, 2.05) is 53.9 Å². The smallest absolute Gasteiger partial charge is 0.176 e. The first-order valence-electron chi connectivity index (χ1n) is 6.93. The normalized spacial score (nSPS) is 11.0. The van der Waals surface area contributed by atoms with E-state index in [2.05, 4.69) is 6.07 Å². The molecule has 3 heteroatoms. The number of hydrogen-bond donors (Lipinski definition) is 1. The molecule has 0 atom stereocenters. The number of pyridine rings is 1. The van der Waals surface area contributed by atoms with Gasteiger partial charge >= 0.3 is 0 Å². The van der Waals surface area contributed by atoms with Crippen LogP contribution in [-0.4, -0.2) is 15.3 Å². The Kier molecular flexibility index (Phi) is 3.35. The van der Waals surface area contributed by atoms with Gasteiger partial charge in [-0.3, -0.25) is 4.79 Å². The van der Waals surface area contributed by atoms with Crippen LogP contribution >= 0.6 is 0 Å². The average Bonchev–Trinajstić information content (AvgIpc) is 2.85. The van der Waals surface area contributed by atoms with Crippen LogP contribution in [0.5, 0.6) is 0 Å². The van der Waals surface area contributed by atoms with Crippen LogP contribution in [0.4, 0.5) is 0 Å². The van der Waals surface area contributed by atoms with Gasteiger partial charge in [-0.1, -0.05) is 24.3 Å². The zero-order valence-corrected chi connectivity index (χ0v) is 12.1. The zero-order valence-electron chi connectivity index (χ0n) is 12.1. The van der Waals surface area contributed by atoms with Crippen LogP contribution in [-0.2, 0) is 6.61 Å². The molecule has 3 aromatic rings. The number of carbonyl (C=O) groups is 1. The van der Waals surface area contributed by atoms with Crippen molar-refractivity contribution in [3.8, 4) is 11.1 Å². The quantitative estimate of drug-likeness (QED) is 0.744. The predicted molar refractivity (Wildman–Crippen MR) is 83.5 cm³/mol. The van der Waals surface area contributed by atoms with Crippen LogP contribution in [0, 0.1) is 6.92 Å². The van der Waals surface area contributed by atoms with Crippen molar-refractivity contribution in [3.63, 3.8) is 0 Å². The first kappa shape index (κ1) is 13.6. The van der Waals surface area contributed by atoms with E-state index in [4.69, 9.17) is 0 Å². The van der Waals surface area contributed by atoms with Crippen LogP contribution in [0.1, 0.15) is 28.5 Å². The van der Waals surface area contributed by atoms with Crippen molar-refractivity contribution in [1.29, 1.82) is 0 Å². The Morgan fingerprint density at radius 1 is 1.14 bits per heavy atom. The molecule has 21 heavy (non-hydrogen) atoms. The number of aromatic nitrogens is 1. The molecule has 106 valence electrons. The first-order chi connectivity index (χ1) is 10.1. The van der Waals surface area contributed by atoms with E-state index in [9.17, 15) is 9.90 Å². The molecule has 3 nitrogen and oxygen atoms in total. The lowest BCUT2D eigenvalue weighted by atomic mass is 10.0. The molecule has 2 aromatic heterocycles. The maximum Gasteiger partial charge on any atom is 0.176 e. The lowest BCUT2D eigenvalue weighted by molar-refractivity contribution is 0.101. The lowest BCUT2D eigenvalue weighted by Crippen LogP contribution is -1.97. The fourth-order valence-corrected chi connectivity index (χ4v) is 2.71. The number of nitrogens with zero attached hydrogens (tertiary/aromatic N) is 1. The summed E-state index contributed by atoms with van der Waals surface area (Å²) in [5.41, 5.74) is 5.60. The number of hydrogen-bond acceptors (Lipinski definition) is 2. The van der Waals surface area contributed by atoms with Crippen LogP contribution < -0.4 is 0 Å². The van der Waals surface area contributed by atoms with E-state index >= 15 is 0 Å². The number of Topliss-reactive ketones (excluding diaryl/α,β-unsaturated/α-hetero) is 1. The highest BCUT2D eigenvalue weighted by molar-refractivity contribution is 5.98. The summed E-state index contributed by atoms with van der Waals surface area (Å²) in [7, 11) is 0. The first-order valence-corrected chi connectivity index (χ1v) is 6.93. The Morgan fingerprint density at radius 2 is 1.90 bits per heavy atom. The molecular formula is C18H17NO2. The van der Waals surface area contributed by atoms with Gasteiger partial charge in [0.1, 0.15) is 0 Å². The van der Waals surface area contributed by atoms with Crippen LogP contribution in [0.2, 0.25) is 0 Å².